The summed E-state index contributed by atoms with van der Waals surface area (Å²) in [5.74, 6) is 0. The molecule has 0 rings (SSSR count). The Morgan fingerprint density at radius 2 is 1.56 bits per heavy atom. The van der Waals surface area contributed by atoms with Crippen LogP contribution in [-0.2, 0) is 0 Å². The lowest BCUT2D eigenvalue weighted by Gasteiger charge is -1.73. The lowest BCUT2D eigenvalue weighted by atomic mass is 10.8. The predicted octanol–water partition coefficient (Wildman–Crippen LogP) is -0.0647. The van der Waals surface area contributed by atoms with Gasteiger partial charge in [0.05, 0.1) is 0 Å². The fourth-order valence-corrected chi connectivity index (χ4v) is 0. The summed E-state index contributed by atoms with van der Waals surface area (Å²) in [4.78, 5) is 17.2. The van der Waals surface area contributed by atoms with Crippen molar-refractivity contribution in [2.24, 2.45) is 0 Å². The Morgan fingerprint density at radius 3 is 1.56 bits per heavy atom. The first-order valence-corrected chi connectivity index (χ1v) is 1.95. The number of hydrogen-bond donors (Lipinski definition) is 1. The van der Waals surface area contributed by atoms with Crippen molar-refractivity contribution in [3.05, 3.63) is 20.2 Å². The molecule has 0 aliphatic heterocycles. The maximum Gasteiger partial charge on any atom is 0.291 e. The highest BCUT2D eigenvalue weighted by Gasteiger charge is 1.77. The molecule has 0 bridgehead atoms. The molecule has 0 amide bonds. The van der Waals surface area contributed by atoms with Gasteiger partial charge in [-0.3, -0.25) is 10.1 Å². The second kappa shape index (κ2) is 6.60. The topological polar surface area (TPSA) is 107 Å². The van der Waals surface area contributed by atoms with Crippen LogP contribution in [0.4, 0.5) is 0 Å². The van der Waals surface area contributed by atoms with Crippen molar-refractivity contribution in [1.82, 2.24) is 0 Å². The Bertz CT molecular complexity index is 97.1. The van der Waals surface area contributed by atoms with Gasteiger partial charge in [0, 0.05) is 11.8 Å². The average Bonchev–Trinajstić information content (AvgIpc) is 1.65. The fraction of sp³-hybridized carbons (Fsp3) is 1.00. The minimum atomic E-state index is -1.50. The molecule has 9 heavy (non-hydrogen) atoms. The van der Waals surface area contributed by atoms with Crippen LogP contribution in [0.5, 0.6) is 0 Å². The standard InChI is InChI=1S/C2H5NO2.HNO3/c1-2-3(4)5;2-1(3)4/h2H2,1H3;(H,2,3,4). The average molecular weight is 138 g/mol. The molecular formula is C2H6N2O5. The van der Waals surface area contributed by atoms with Crippen molar-refractivity contribution >= 4 is 0 Å². The maximum absolute atomic E-state index is 9.17. The molecule has 0 atom stereocenters. The lowest BCUT2D eigenvalue weighted by Crippen LogP contribution is -1.92. The molecule has 1 N–H and O–H groups in total. The number of hydrogen-bond acceptors (Lipinski definition) is 4. The molecule has 0 spiro atoms. The van der Waals surface area contributed by atoms with Crippen LogP contribution in [0.25, 0.3) is 0 Å². The van der Waals surface area contributed by atoms with E-state index in [1.54, 1.807) is 0 Å². The third-order valence-corrected chi connectivity index (χ3v) is 0.258. The molecule has 0 heterocycles. The summed E-state index contributed by atoms with van der Waals surface area (Å²) in [6, 6.07) is 0. The van der Waals surface area contributed by atoms with Crippen molar-refractivity contribution in [1.29, 1.82) is 0 Å². The van der Waals surface area contributed by atoms with Crippen LogP contribution in [0.15, 0.2) is 0 Å². The SMILES string of the molecule is CC[N+](=O)[O-].O=[N+]([O-])O. The first-order chi connectivity index (χ1) is 4.00. The molecule has 0 aromatic rings. The van der Waals surface area contributed by atoms with Crippen LogP contribution >= 0.6 is 0 Å². The van der Waals surface area contributed by atoms with Gasteiger partial charge < -0.3 is 5.21 Å². The second-order valence-corrected chi connectivity index (χ2v) is 0.887. The van der Waals surface area contributed by atoms with E-state index in [9.17, 15) is 10.1 Å². The Morgan fingerprint density at radius 1 is 1.44 bits per heavy atom. The van der Waals surface area contributed by atoms with E-state index < -0.39 is 5.09 Å². The molecule has 0 radical (unpaired) electrons. The van der Waals surface area contributed by atoms with Crippen LogP contribution < -0.4 is 0 Å². The molecular weight excluding hydrogens is 132 g/mol. The van der Waals surface area contributed by atoms with Crippen molar-refractivity contribution < 1.29 is 15.2 Å². The molecule has 0 saturated carbocycles. The van der Waals surface area contributed by atoms with Gasteiger partial charge in [-0.05, 0) is 0 Å². The van der Waals surface area contributed by atoms with E-state index in [0.29, 0.717) is 0 Å². The van der Waals surface area contributed by atoms with Crippen LogP contribution in [0.2, 0.25) is 0 Å². The first kappa shape index (κ1) is 10.6. The van der Waals surface area contributed by atoms with Crippen LogP contribution in [0, 0.1) is 20.2 Å². The fourth-order valence-electron chi connectivity index (χ4n) is 0. The highest BCUT2D eigenvalue weighted by Crippen LogP contribution is 1.57. The van der Waals surface area contributed by atoms with Crippen molar-refractivity contribution in [2.75, 3.05) is 6.54 Å². The molecule has 0 aromatic heterocycles. The van der Waals surface area contributed by atoms with Crippen molar-refractivity contribution in [3.8, 4) is 0 Å². The van der Waals surface area contributed by atoms with E-state index in [2.05, 4.69) is 0 Å². The molecule has 0 unspecified atom stereocenters. The normalized spacial score (nSPS) is 6.78. The van der Waals surface area contributed by atoms with Crippen LogP contribution in [0.1, 0.15) is 6.92 Å². The van der Waals surface area contributed by atoms with E-state index >= 15 is 0 Å². The zero-order valence-corrected chi connectivity index (χ0v) is 4.68. The minimum absolute atomic E-state index is 0.0278. The second-order valence-electron chi connectivity index (χ2n) is 0.887. The van der Waals surface area contributed by atoms with Gasteiger partial charge in [-0.1, -0.05) is 0 Å². The number of nitrogens with zero attached hydrogens (tertiary/aromatic N) is 2. The molecule has 0 saturated heterocycles. The summed E-state index contributed by atoms with van der Waals surface area (Å²) in [5.41, 5.74) is 0. The minimum Gasteiger partial charge on any atom is -0.328 e. The van der Waals surface area contributed by atoms with Crippen molar-refractivity contribution in [3.63, 3.8) is 0 Å². The Balaban J connectivity index is 0. The van der Waals surface area contributed by atoms with Gasteiger partial charge >= 0.3 is 0 Å². The van der Waals surface area contributed by atoms with Gasteiger partial charge in [0.2, 0.25) is 6.54 Å². The summed E-state index contributed by atoms with van der Waals surface area (Å²) in [7, 11) is 0. The smallest absolute Gasteiger partial charge is 0.291 e. The predicted molar refractivity (Wildman–Crippen MR) is 26.3 cm³/mol. The summed E-state index contributed by atoms with van der Waals surface area (Å²) >= 11 is 0. The molecule has 0 aromatic carbocycles. The summed E-state index contributed by atoms with van der Waals surface area (Å²) < 4.78 is 0. The first-order valence-electron chi connectivity index (χ1n) is 1.95. The number of nitro groups is 1. The summed E-state index contributed by atoms with van der Waals surface area (Å²) in [5, 5.41) is 22.8. The van der Waals surface area contributed by atoms with E-state index in [1.165, 1.54) is 6.92 Å². The van der Waals surface area contributed by atoms with E-state index in [0.717, 1.165) is 0 Å². The van der Waals surface area contributed by atoms with E-state index in [1.807, 2.05) is 0 Å². The molecule has 54 valence electrons. The van der Waals surface area contributed by atoms with Gasteiger partial charge in [0.25, 0.3) is 5.09 Å². The summed E-state index contributed by atoms with van der Waals surface area (Å²) in [6.07, 6.45) is 0. The Hall–Kier alpha value is -1.40. The van der Waals surface area contributed by atoms with Gasteiger partial charge in [-0.2, -0.15) is 0 Å². The highest BCUT2D eigenvalue weighted by molar-refractivity contribution is 4.05. The maximum atomic E-state index is 9.17. The largest absolute Gasteiger partial charge is 0.328 e. The zero-order valence-electron chi connectivity index (χ0n) is 4.68. The lowest BCUT2D eigenvalue weighted by molar-refractivity contribution is -0.742. The van der Waals surface area contributed by atoms with E-state index in [-0.39, 0.29) is 11.5 Å². The van der Waals surface area contributed by atoms with Gasteiger partial charge in [0.1, 0.15) is 0 Å². The zero-order chi connectivity index (χ0) is 7.86. The molecule has 0 aliphatic carbocycles. The van der Waals surface area contributed by atoms with Gasteiger partial charge in [0.15, 0.2) is 0 Å². The van der Waals surface area contributed by atoms with Gasteiger partial charge in [-0.25, -0.2) is 0 Å². The van der Waals surface area contributed by atoms with E-state index in [4.69, 9.17) is 15.3 Å². The van der Waals surface area contributed by atoms with Crippen LogP contribution in [0.3, 0.4) is 0 Å². The molecule has 0 fully saturated rings. The molecule has 7 heteroatoms. The quantitative estimate of drug-likeness (QED) is 0.403. The van der Waals surface area contributed by atoms with Crippen molar-refractivity contribution in [2.45, 2.75) is 6.92 Å². The molecule has 7 nitrogen and oxygen atoms in total. The van der Waals surface area contributed by atoms with Crippen LogP contribution in [-0.4, -0.2) is 21.8 Å². The monoisotopic (exact) mass is 138 g/mol. The Kier molecular flexibility index (Phi) is 7.74. The highest BCUT2D eigenvalue weighted by atomic mass is 16.9. The summed E-state index contributed by atoms with van der Waals surface area (Å²) in [6.45, 7) is 1.53. The number of rotatable bonds is 1. The Labute approximate surface area is 50.2 Å². The van der Waals surface area contributed by atoms with Gasteiger partial charge in [-0.15, -0.1) is 10.1 Å². The third kappa shape index (κ3) is 388. The molecule has 0 aliphatic rings. The third-order valence-electron chi connectivity index (χ3n) is 0.258.